The molecular formula is C12H15BrF3NO2S. The predicted octanol–water partition coefficient (Wildman–Crippen LogP) is 3.29. The van der Waals surface area contributed by atoms with Gasteiger partial charge in [0.25, 0.3) is 0 Å². The highest BCUT2D eigenvalue weighted by molar-refractivity contribution is 9.10. The molecule has 0 aliphatic carbocycles. The Morgan fingerprint density at radius 2 is 1.95 bits per heavy atom. The van der Waals surface area contributed by atoms with E-state index in [0.717, 1.165) is 18.4 Å². The molecule has 20 heavy (non-hydrogen) atoms. The summed E-state index contributed by atoms with van der Waals surface area (Å²) in [6.07, 6.45) is -2.71. The molecule has 0 bridgehead atoms. The van der Waals surface area contributed by atoms with Gasteiger partial charge in [-0.25, -0.2) is 8.42 Å². The fourth-order valence-corrected chi connectivity index (χ4v) is 2.96. The van der Waals surface area contributed by atoms with Crippen LogP contribution in [0.3, 0.4) is 0 Å². The van der Waals surface area contributed by atoms with Crippen molar-refractivity contribution in [3.05, 3.63) is 33.8 Å². The molecule has 0 aliphatic heterocycles. The summed E-state index contributed by atoms with van der Waals surface area (Å²) < 4.78 is 60.4. The van der Waals surface area contributed by atoms with E-state index in [0.29, 0.717) is 22.9 Å². The first-order chi connectivity index (χ1) is 9.00. The molecule has 3 nitrogen and oxygen atoms in total. The Labute approximate surface area is 124 Å². The Balaban J connectivity index is 2.84. The number of rotatable bonds is 5. The third-order valence-electron chi connectivity index (χ3n) is 2.75. The second-order valence-electron chi connectivity index (χ2n) is 4.61. The first-order valence-corrected chi connectivity index (χ1v) is 8.66. The average Bonchev–Trinajstić information content (AvgIpc) is 2.25. The molecular weight excluding hydrogens is 359 g/mol. The van der Waals surface area contributed by atoms with Crippen molar-refractivity contribution in [2.45, 2.75) is 25.1 Å². The molecule has 1 rings (SSSR count). The van der Waals surface area contributed by atoms with E-state index in [1.165, 1.54) is 6.07 Å². The molecule has 0 fully saturated rings. The number of hydrogen-bond acceptors (Lipinski definition) is 3. The van der Waals surface area contributed by atoms with Gasteiger partial charge >= 0.3 is 6.18 Å². The van der Waals surface area contributed by atoms with E-state index in [-0.39, 0.29) is 5.75 Å². The van der Waals surface area contributed by atoms with E-state index in [1.54, 1.807) is 0 Å². The van der Waals surface area contributed by atoms with Gasteiger partial charge < -0.3 is 5.73 Å². The van der Waals surface area contributed by atoms with Gasteiger partial charge in [0.2, 0.25) is 0 Å². The highest BCUT2D eigenvalue weighted by atomic mass is 79.9. The van der Waals surface area contributed by atoms with Crippen molar-refractivity contribution < 1.29 is 21.6 Å². The summed E-state index contributed by atoms with van der Waals surface area (Å²) in [5.74, 6) is -0.0305. The Kier molecular flexibility index (Phi) is 5.62. The standard InChI is InChI=1S/C12H15BrF3NO2S/c1-20(18,19)6-2-3-11(17)9-7-8(12(14,15)16)4-5-10(9)13/h4-5,7,11H,2-3,6,17H2,1H3. The van der Waals surface area contributed by atoms with Gasteiger partial charge in [-0.2, -0.15) is 13.2 Å². The fourth-order valence-electron chi connectivity index (χ4n) is 1.73. The molecule has 114 valence electrons. The first kappa shape index (κ1) is 17.5. The van der Waals surface area contributed by atoms with E-state index in [9.17, 15) is 21.6 Å². The number of benzene rings is 1. The number of alkyl halides is 3. The van der Waals surface area contributed by atoms with Crippen molar-refractivity contribution in [3.63, 3.8) is 0 Å². The van der Waals surface area contributed by atoms with Gasteiger partial charge in [-0.15, -0.1) is 0 Å². The van der Waals surface area contributed by atoms with Gasteiger partial charge in [0.15, 0.2) is 0 Å². The molecule has 0 radical (unpaired) electrons. The summed E-state index contributed by atoms with van der Waals surface area (Å²) in [5, 5.41) is 0. The topological polar surface area (TPSA) is 60.2 Å². The van der Waals surface area contributed by atoms with Crippen LogP contribution in [-0.2, 0) is 16.0 Å². The van der Waals surface area contributed by atoms with Crippen LogP contribution in [0.5, 0.6) is 0 Å². The summed E-state index contributed by atoms with van der Waals surface area (Å²) >= 11 is 3.16. The lowest BCUT2D eigenvalue weighted by molar-refractivity contribution is -0.137. The normalized spacial score (nSPS) is 14.3. The first-order valence-electron chi connectivity index (χ1n) is 5.80. The molecule has 1 unspecified atom stereocenters. The van der Waals surface area contributed by atoms with E-state index < -0.39 is 27.6 Å². The van der Waals surface area contributed by atoms with Crippen molar-refractivity contribution in [1.29, 1.82) is 0 Å². The van der Waals surface area contributed by atoms with Crippen LogP contribution in [0.15, 0.2) is 22.7 Å². The summed E-state index contributed by atoms with van der Waals surface area (Å²) in [6.45, 7) is 0. The van der Waals surface area contributed by atoms with Crippen molar-refractivity contribution >= 4 is 25.8 Å². The zero-order valence-electron chi connectivity index (χ0n) is 10.7. The zero-order chi connectivity index (χ0) is 15.6. The highest BCUT2D eigenvalue weighted by Gasteiger charge is 2.31. The highest BCUT2D eigenvalue weighted by Crippen LogP contribution is 2.34. The van der Waals surface area contributed by atoms with Gasteiger partial charge in [-0.05, 0) is 36.6 Å². The second kappa shape index (κ2) is 6.44. The second-order valence-corrected chi connectivity index (χ2v) is 7.73. The lowest BCUT2D eigenvalue weighted by Gasteiger charge is -2.16. The van der Waals surface area contributed by atoms with Crippen LogP contribution in [0.1, 0.15) is 30.0 Å². The molecule has 8 heteroatoms. The molecule has 1 aromatic rings. The minimum atomic E-state index is -4.43. The lowest BCUT2D eigenvalue weighted by Crippen LogP contribution is -2.15. The SMILES string of the molecule is CS(=O)(=O)CCCC(N)c1cc(C(F)(F)F)ccc1Br. The Morgan fingerprint density at radius 3 is 2.45 bits per heavy atom. The maximum atomic E-state index is 12.6. The van der Waals surface area contributed by atoms with Crippen LogP contribution in [0, 0.1) is 0 Å². The lowest BCUT2D eigenvalue weighted by atomic mass is 10.0. The number of nitrogens with two attached hydrogens (primary N) is 1. The summed E-state index contributed by atoms with van der Waals surface area (Å²) in [7, 11) is -3.09. The molecule has 0 amide bonds. The monoisotopic (exact) mass is 373 g/mol. The molecule has 1 atom stereocenters. The van der Waals surface area contributed by atoms with Crippen molar-refractivity contribution in [2.24, 2.45) is 5.73 Å². The largest absolute Gasteiger partial charge is 0.416 e. The van der Waals surface area contributed by atoms with Gasteiger partial charge in [0, 0.05) is 22.5 Å². The molecule has 0 saturated heterocycles. The van der Waals surface area contributed by atoms with E-state index in [4.69, 9.17) is 5.73 Å². The van der Waals surface area contributed by atoms with E-state index >= 15 is 0 Å². The number of halogens is 4. The Bertz CT molecular complexity index is 573. The van der Waals surface area contributed by atoms with E-state index in [2.05, 4.69) is 15.9 Å². The van der Waals surface area contributed by atoms with Gasteiger partial charge in [-0.1, -0.05) is 15.9 Å². The van der Waals surface area contributed by atoms with Crippen molar-refractivity contribution in [1.82, 2.24) is 0 Å². The van der Waals surface area contributed by atoms with Gasteiger partial charge in [0.05, 0.1) is 5.56 Å². The fraction of sp³-hybridized carbons (Fsp3) is 0.500. The quantitative estimate of drug-likeness (QED) is 0.861. The van der Waals surface area contributed by atoms with Crippen LogP contribution < -0.4 is 5.73 Å². The maximum absolute atomic E-state index is 12.6. The number of hydrogen-bond donors (Lipinski definition) is 1. The van der Waals surface area contributed by atoms with Crippen molar-refractivity contribution in [2.75, 3.05) is 12.0 Å². The summed E-state index contributed by atoms with van der Waals surface area (Å²) in [6, 6.07) is 2.62. The molecule has 1 aromatic carbocycles. The third-order valence-corrected chi connectivity index (χ3v) is 4.51. The van der Waals surface area contributed by atoms with Crippen LogP contribution in [0.4, 0.5) is 13.2 Å². The van der Waals surface area contributed by atoms with Crippen molar-refractivity contribution in [3.8, 4) is 0 Å². The van der Waals surface area contributed by atoms with Crippen LogP contribution in [0.2, 0.25) is 0 Å². The average molecular weight is 374 g/mol. The van der Waals surface area contributed by atoms with Crippen LogP contribution in [-0.4, -0.2) is 20.4 Å². The van der Waals surface area contributed by atoms with Crippen LogP contribution >= 0.6 is 15.9 Å². The minimum Gasteiger partial charge on any atom is -0.324 e. The summed E-state index contributed by atoms with van der Waals surface area (Å²) in [5.41, 5.74) is 5.40. The molecule has 0 heterocycles. The molecule has 2 N–H and O–H groups in total. The minimum absolute atomic E-state index is 0.0305. The molecule has 0 aliphatic rings. The van der Waals surface area contributed by atoms with Gasteiger partial charge in [-0.3, -0.25) is 0 Å². The van der Waals surface area contributed by atoms with Gasteiger partial charge in [0.1, 0.15) is 9.84 Å². The maximum Gasteiger partial charge on any atom is 0.416 e. The Hall–Kier alpha value is -0.600. The Morgan fingerprint density at radius 1 is 1.35 bits per heavy atom. The molecule has 0 aromatic heterocycles. The third kappa shape index (κ3) is 5.41. The number of sulfone groups is 1. The predicted molar refractivity (Wildman–Crippen MR) is 75.0 cm³/mol. The molecule has 0 spiro atoms. The smallest absolute Gasteiger partial charge is 0.324 e. The van der Waals surface area contributed by atoms with Crippen LogP contribution in [0.25, 0.3) is 0 Å². The summed E-state index contributed by atoms with van der Waals surface area (Å²) in [4.78, 5) is 0. The zero-order valence-corrected chi connectivity index (χ0v) is 13.1. The van der Waals surface area contributed by atoms with E-state index in [1.807, 2.05) is 0 Å². The molecule has 0 saturated carbocycles.